The molecule has 0 heterocycles. The minimum Gasteiger partial charge on any atom is -0.486 e. The second-order valence-electron chi connectivity index (χ2n) is 8.38. The van der Waals surface area contributed by atoms with Crippen molar-refractivity contribution in [3.05, 3.63) is 63.9 Å². The fourth-order valence-corrected chi connectivity index (χ4v) is 6.48. The number of nitrogens with one attached hydrogen (secondary N) is 1. The number of ketones is 1. The van der Waals surface area contributed by atoms with E-state index in [2.05, 4.69) is 4.72 Å². The highest BCUT2D eigenvalue weighted by atomic mass is 35.5. The Hall–Kier alpha value is -1.67. The lowest BCUT2D eigenvalue weighted by Crippen LogP contribution is -2.75. The van der Waals surface area contributed by atoms with Gasteiger partial charge in [0.05, 0.1) is 10.8 Å². The molecule has 2 aromatic carbocycles. The minimum atomic E-state index is -3.49. The van der Waals surface area contributed by atoms with Gasteiger partial charge in [-0.2, -0.15) is 0 Å². The first kappa shape index (κ1) is 21.6. The zero-order valence-electron chi connectivity index (χ0n) is 16.0. The number of Topliss-reactive ketones (excluding diaryl/α,β-unsaturated/α-hetero) is 1. The van der Waals surface area contributed by atoms with E-state index in [9.17, 15) is 17.6 Å². The van der Waals surface area contributed by atoms with Gasteiger partial charge < -0.3 is 4.74 Å². The van der Waals surface area contributed by atoms with Crippen molar-refractivity contribution in [2.45, 2.75) is 37.0 Å². The van der Waals surface area contributed by atoms with Crippen molar-refractivity contribution in [1.29, 1.82) is 0 Å². The molecule has 0 aromatic heterocycles. The van der Waals surface area contributed by atoms with E-state index in [-0.39, 0.29) is 34.3 Å². The minimum absolute atomic E-state index is 0.00800. The number of carbonyl (C=O) groups excluding carboxylic acids is 1. The highest BCUT2D eigenvalue weighted by Crippen LogP contribution is 2.69. The summed E-state index contributed by atoms with van der Waals surface area (Å²) in [6, 6.07) is 10.7. The van der Waals surface area contributed by atoms with Gasteiger partial charge in [0, 0.05) is 23.0 Å². The highest BCUT2D eigenvalue weighted by molar-refractivity contribution is 7.88. The molecule has 3 aliphatic carbocycles. The summed E-state index contributed by atoms with van der Waals surface area (Å²) >= 11 is 11.5. The molecule has 3 saturated carbocycles. The first-order chi connectivity index (χ1) is 14.1. The summed E-state index contributed by atoms with van der Waals surface area (Å²) in [5, 5.41) is 0.548. The fourth-order valence-electron chi connectivity index (χ4n) is 4.66. The monoisotopic (exact) mass is 471 g/mol. The van der Waals surface area contributed by atoms with Crippen molar-refractivity contribution in [2.24, 2.45) is 5.41 Å². The van der Waals surface area contributed by atoms with Gasteiger partial charge in [-0.1, -0.05) is 35.3 Å². The van der Waals surface area contributed by atoms with Crippen molar-refractivity contribution in [2.75, 3.05) is 6.61 Å². The van der Waals surface area contributed by atoms with Crippen LogP contribution in [0, 0.1) is 11.2 Å². The largest absolute Gasteiger partial charge is 0.486 e. The fraction of sp³-hybridized carbons (Fsp3) is 0.381. The second kappa shape index (κ2) is 7.79. The van der Waals surface area contributed by atoms with Gasteiger partial charge in [-0.05, 0) is 54.5 Å². The van der Waals surface area contributed by atoms with Crippen LogP contribution in [0.5, 0.6) is 5.75 Å². The average Bonchev–Trinajstić information content (AvgIpc) is 2.61. The van der Waals surface area contributed by atoms with Gasteiger partial charge in [-0.15, -0.1) is 0 Å². The van der Waals surface area contributed by atoms with Gasteiger partial charge in [-0.25, -0.2) is 17.5 Å². The normalized spacial score (nSPS) is 24.6. The maximum Gasteiger partial charge on any atom is 0.216 e. The van der Waals surface area contributed by atoms with Crippen molar-refractivity contribution in [1.82, 2.24) is 4.72 Å². The van der Waals surface area contributed by atoms with E-state index in [0.717, 1.165) is 6.07 Å². The maximum absolute atomic E-state index is 13.4. The first-order valence-corrected chi connectivity index (χ1v) is 11.8. The molecule has 2 aromatic rings. The Bertz CT molecular complexity index is 1070. The van der Waals surface area contributed by atoms with E-state index in [4.69, 9.17) is 27.9 Å². The lowest BCUT2D eigenvalue weighted by molar-refractivity contribution is -0.159. The van der Waals surface area contributed by atoms with Gasteiger partial charge in [0.2, 0.25) is 10.0 Å². The molecule has 9 heteroatoms. The number of rotatable bonds is 9. The number of sulfonamides is 1. The van der Waals surface area contributed by atoms with Crippen LogP contribution in [0.2, 0.25) is 10.0 Å². The van der Waals surface area contributed by atoms with Gasteiger partial charge in [-0.3, -0.25) is 4.79 Å². The van der Waals surface area contributed by atoms with Crippen molar-refractivity contribution in [3.8, 4) is 5.75 Å². The Kier molecular flexibility index (Phi) is 5.60. The molecule has 0 amide bonds. The van der Waals surface area contributed by atoms with Crippen molar-refractivity contribution < 1.29 is 22.3 Å². The summed E-state index contributed by atoms with van der Waals surface area (Å²) in [5.41, 5.74) is 0.0689. The van der Waals surface area contributed by atoms with Crippen molar-refractivity contribution >= 4 is 39.0 Å². The highest BCUT2D eigenvalue weighted by Gasteiger charge is 2.69. The molecule has 5 rings (SSSR count). The van der Waals surface area contributed by atoms with Crippen LogP contribution in [0.25, 0.3) is 0 Å². The molecule has 30 heavy (non-hydrogen) atoms. The average molecular weight is 472 g/mol. The van der Waals surface area contributed by atoms with Crippen molar-refractivity contribution in [3.63, 3.8) is 0 Å². The van der Waals surface area contributed by atoms with Crippen LogP contribution in [0.3, 0.4) is 0 Å². The number of benzene rings is 2. The number of carbonyl (C=O) groups is 1. The van der Waals surface area contributed by atoms with Crippen LogP contribution in [0.15, 0.2) is 42.5 Å². The molecule has 3 fully saturated rings. The molecular formula is C21H20Cl2FNO4S. The molecular weight excluding hydrogens is 452 g/mol. The van der Waals surface area contributed by atoms with Crippen LogP contribution in [-0.2, 0) is 20.6 Å². The smallest absolute Gasteiger partial charge is 0.216 e. The predicted octanol–water partition coefficient (Wildman–Crippen LogP) is 4.51. The quantitative estimate of drug-likeness (QED) is 0.583. The third kappa shape index (κ3) is 4.64. The Morgan fingerprint density at radius 2 is 1.77 bits per heavy atom. The molecule has 0 saturated heterocycles. The summed E-state index contributed by atoms with van der Waals surface area (Å²) in [7, 11) is -3.49. The van der Waals surface area contributed by atoms with Crippen LogP contribution in [-0.4, -0.2) is 26.3 Å². The molecule has 5 nitrogen and oxygen atoms in total. The number of halogens is 3. The van der Waals surface area contributed by atoms with Gasteiger partial charge in [0.25, 0.3) is 0 Å². The topological polar surface area (TPSA) is 72.5 Å². The summed E-state index contributed by atoms with van der Waals surface area (Å²) in [6.45, 7) is -0.155. The van der Waals surface area contributed by atoms with Gasteiger partial charge in [0.15, 0.2) is 5.78 Å². The van der Waals surface area contributed by atoms with E-state index in [1.165, 1.54) is 12.1 Å². The van der Waals surface area contributed by atoms with Crippen LogP contribution in [0.4, 0.5) is 4.39 Å². The number of hydrogen-bond donors (Lipinski definition) is 1. The lowest BCUT2D eigenvalue weighted by atomic mass is 9.38. The SMILES string of the molecule is O=C(COc1ccc(Cl)c(F)c1)CC12CC(NS(=O)(=O)Cc3ccc(Cl)cc3)(C1)C2. The molecule has 1 N–H and O–H groups in total. The maximum atomic E-state index is 13.4. The Morgan fingerprint density at radius 3 is 2.40 bits per heavy atom. The van der Waals surface area contributed by atoms with Crippen LogP contribution < -0.4 is 9.46 Å². The Morgan fingerprint density at radius 1 is 1.10 bits per heavy atom. The van der Waals surface area contributed by atoms with E-state index >= 15 is 0 Å². The van der Waals surface area contributed by atoms with E-state index in [0.29, 0.717) is 36.3 Å². The van der Waals surface area contributed by atoms with Gasteiger partial charge >= 0.3 is 0 Å². The summed E-state index contributed by atoms with van der Waals surface area (Å²) in [6.07, 6.45) is 2.24. The van der Waals surface area contributed by atoms with E-state index in [1.54, 1.807) is 24.3 Å². The molecule has 160 valence electrons. The lowest BCUT2D eigenvalue weighted by Gasteiger charge is -2.70. The summed E-state index contributed by atoms with van der Waals surface area (Å²) < 4.78 is 46.5. The van der Waals surface area contributed by atoms with E-state index < -0.39 is 21.4 Å². The zero-order valence-corrected chi connectivity index (χ0v) is 18.3. The molecule has 0 unspecified atom stereocenters. The molecule has 0 atom stereocenters. The second-order valence-corrected chi connectivity index (χ2v) is 10.9. The summed E-state index contributed by atoms with van der Waals surface area (Å²) in [4.78, 5) is 12.3. The molecule has 2 bridgehead atoms. The van der Waals surface area contributed by atoms with Gasteiger partial charge in [0.1, 0.15) is 18.2 Å². The number of ether oxygens (including phenoxy) is 1. The van der Waals surface area contributed by atoms with Crippen LogP contribution in [0.1, 0.15) is 31.2 Å². The molecule has 3 aliphatic rings. The first-order valence-electron chi connectivity index (χ1n) is 9.43. The van der Waals surface area contributed by atoms with Crippen LogP contribution >= 0.6 is 23.2 Å². The molecule has 0 spiro atoms. The Balaban J connectivity index is 1.24. The third-order valence-electron chi connectivity index (χ3n) is 5.65. The predicted molar refractivity (Wildman–Crippen MR) is 113 cm³/mol. The standard InChI is InChI=1S/C21H20Cl2FNO4S/c22-15-3-1-14(2-4-15)10-30(27,28)25-21-11-20(12-21,13-21)8-16(26)9-29-17-5-6-18(23)19(24)7-17/h1-7,25H,8-13H2. The molecule has 0 aliphatic heterocycles. The van der Waals surface area contributed by atoms with E-state index in [1.807, 2.05) is 0 Å². The Labute approximate surface area is 184 Å². The summed E-state index contributed by atoms with van der Waals surface area (Å²) in [5.74, 6) is -0.561. The zero-order chi connectivity index (χ0) is 21.6. The molecule has 0 radical (unpaired) electrons. The third-order valence-corrected chi connectivity index (χ3v) is 7.66. The number of hydrogen-bond acceptors (Lipinski definition) is 4.